The molecule has 10 nitrogen and oxygen atoms in total. The Kier molecular flexibility index (Phi) is 14.3. The van der Waals surface area contributed by atoms with Crippen LogP contribution in [0.15, 0.2) is 0 Å². The number of hydrogen-bond donors (Lipinski definition) is 2. The minimum absolute atomic E-state index is 0.247. The normalized spacial score (nSPS) is 11.4. The van der Waals surface area contributed by atoms with Crippen LogP contribution < -0.4 is 10.6 Å². The highest BCUT2D eigenvalue weighted by molar-refractivity contribution is 5.76. The van der Waals surface area contributed by atoms with Crippen LogP contribution in [-0.2, 0) is 33.3 Å². The van der Waals surface area contributed by atoms with Crippen LogP contribution in [0, 0.1) is 10.8 Å². The van der Waals surface area contributed by atoms with Gasteiger partial charge >= 0.3 is 24.0 Å². The molecule has 0 heterocycles. The maximum Gasteiger partial charge on any atom is 0.410 e. The molecule has 0 aromatic carbocycles. The topological polar surface area (TPSA) is 129 Å². The lowest BCUT2D eigenvalue weighted by Gasteiger charge is -2.16. The van der Waals surface area contributed by atoms with Gasteiger partial charge in [-0.15, -0.1) is 0 Å². The first-order valence-electron chi connectivity index (χ1n) is 11.0. The van der Waals surface area contributed by atoms with Gasteiger partial charge in [-0.2, -0.15) is 0 Å². The van der Waals surface area contributed by atoms with E-state index < -0.39 is 41.6 Å². The quantitative estimate of drug-likeness (QED) is 0.228. The molecule has 0 radical (unpaired) electrons. The van der Waals surface area contributed by atoms with Gasteiger partial charge in [0.05, 0.1) is 10.8 Å². The van der Waals surface area contributed by atoms with Gasteiger partial charge in [0, 0.05) is 13.0 Å². The molecular weight excluding hydrogens is 420 g/mol. The van der Waals surface area contributed by atoms with Crippen LogP contribution in [0.25, 0.3) is 0 Å². The molecule has 186 valence electrons. The number of hydrogen-bond acceptors (Lipinski definition) is 9. The van der Waals surface area contributed by atoms with E-state index >= 15 is 0 Å². The first-order chi connectivity index (χ1) is 14.8. The van der Waals surface area contributed by atoms with Crippen molar-refractivity contribution >= 4 is 24.0 Å². The van der Waals surface area contributed by atoms with E-state index in [0.29, 0.717) is 19.5 Å². The molecule has 0 aromatic rings. The minimum atomic E-state index is -0.639. The van der Waals surface area contributed by atoms with Gasteiger partial charge in [0.2, 0.25) is 13.6 Å². The van der Waals surface area contributed by atoms with E-state index in [1.54, 1.807) is 41.5 Å². The van der Waals surface area contributed by atoms with Gasteiger partial charge < -0.3 is 29.6 Å². The summed E-state index contributed by atoms with van der Waals surface area (Å²) in [7, 11) is 0. The summed E-state index contributed by atoms with van der Waals surface area (Å²) in [6.07, 6.45) is 2.87. The molecule has 32 heavy (non-hydrogen) atoms. The Labute approximate surface area is 191 Å². The Morgan fingerprint density at radius 2 is 1.12 bits per heavy atom. The van der Waals surface area contributed by atoms with Crippen LogP contribution >= 0.6 is 0 Å². The van der Waals surface area contributed by atoms with Crippen molar-refractivity contribution in [3.8, 4) is 0 Å². The summed E-state index contributed by atoms with van der Waals surface area (Å²) in [5, 5.41) is 5.83. The smallest absolute Gasteiger partial charge is 0.410 e. The van der Waals surface area contributed by atoms with Crippen molar-refractivity contribution in [2.45, 2.75) is 73.6 Å². The lowest BCUT2D eigenvalue weighted by molar-refractivity contribution is -0.173. The fraction of sp³-hybridized carbons (Fsp3) is 0.818. The van der Waals surface area contributed by atoms with Gasteiger partial charge in [-0.25, -0.2) is 4.79 Å². The molecule has 0 aromatic heterocycles. The zero-order valence-electron chi connectivity index (χ0n) is 20.3. The van der Waals surface area contributed by atoms with Crippen molar-refractivity contribution in [3.05, 3.63) is 0 Å². The molecule has 0 unspecified atom stereocenters. The second kappa shape index (κ2) is 15.4. The lowest BCUT2D eigenvalue weighted by Crippen LogP contribution is -2.29. The summed E-state index contributed by atoms with van der Waals surface area (Å²) in [4.78, 5) is 46.1. The number of rotatable bonds is 14. The average Bonchev–Trinajstić information content (AvgIpc) is 2.67. The highest BCUT2D eigenvalue weighted by Gasteiger charge is 2.24. The minimum Gasteiger partial charge on any atom is -0.428 e. The molecule has 0 aliphatic rings. The van der Waals surface area contributed by atoms with Crippen LogP contribution in [0.1, 0.15) is 73.6 Å². The SMILES string of the molecule is CC(C)(C)C(=O)OCOC(=O)CCCNCCCCCNC(=O)OCOC(=O)C(C)(C)C. The standard InChI is InChI=1S/C22H40N2O8/c1-21(2,3)18(26)30-15-29-17(25)11-10-13-23-12-8-7-9-14-24-20(28)32-16-31-19(27)22(4,5)6/h23H,7-16H2,1-6H3,(H,24,28). The van der Waals surface area contributed by atoms with Gasteiger partial charge in [-0.05, 0) is 73.9 Å². The lowest BCUT2D eigenvalue weighted by atomic mass is 9.97. The van der Waals surface area contributed by atoms with Crippen LogP contribution in [0.4, 0.5) is 4.79 Å². The van der Waals surface area contributed by atoms with E-state index in [-0.39, 0.29) is 13.2 Å². The summed E-state index contributed by atoms with van der Waals surface area (Å²) in [5.41, 5.74) is -1.27. The molecule has 0 atom stereocenters. The van der Waals surface area contributed by atoms with Gasteiger partial charge in [-0.3, -0.25) is 14.4 Å². The summed E-state index contributed by atoms with van der Waals surface area (Å²) < 4.78 is 19.4. The Balaban J connectivity index is 3.48. The summed E-state index contributed by atoms with van der Waals surface area (Å²) in [6.45, 7) is 11.5. The Morgan fingerprint density at radius 3 is 1.69 bits per heavy atom. The van der Waals surface area contributed by atoms with Gasteiger partial charge in [0.1, 0.15) is 0 Å². The van der Waals surface area contributed by atoms with Gasteiger partial charge in [-0.1, -0.05) is 6.42 Å². The number of nitrogens with one attached hydrogen (secondary N) is 2. The predicted octanol–water partition coefficient (Wildman–Crippen LogP) is 2.89. The molecule has 2 N–H and O–H groups in total. The highest BCUT2D eigenvalue weighted by atomic mass is 16.7. The number of carbonyl (C=O) groups is 4. The van der Waals surface area contributed by atoms with Crippen molar-refractivity contribution in [3.63, 3.8) is 0 Å². The maximum atomic E-state index is 11.6. The first-order valence-corrected chi connectivity index (χ1v) is 11.0. The van der Waals surface area contributed by atoms with E-state index in [9.17, 15) is 19.2 Å². The number of esters is 3. The maximum absolute atomic E-state index is 11.6. The Bertz CT molecular complexity index is 542. The second-order valence-electron chi connectivity index (χ2n) is 9.39. The predicted molar refractivity (Wildman–Crippen MR) is 117 cm³/mol. The third-order valence-corrected chi connectivity index (χ3v) is 4.05. The monoisotopic (exact) mass is 460 g/mol. The first kappa shape index (κ1) is 29.6. The van der Waals surface area contributed by atoms with E-state index in [1.165, 1.54) is 0 Å². The van der Waals surface area contributed by atoms with Crippen LogP contribution in [0.3, 0.4) is 0 Å². The largest absolute Gasteiger partial charge is 0.428 e. The average molecular weight is 461 g/mol. The van der Waals surface area contributed by atoms with E-state index in [1.807, 2.05) is 0 Å². The van der Waals surface area contributed by atoms with Crippen molar-refractivity contribution in [2.24, 2.45) is 10.8 Å². The molecule has 0 fully saturated rings. The van der Waals surface area contributed by atoms with Crippen molar-refractivity contribution in [2.75, 3.05) is 33.2 Å². The molecule has 0 saturated carbocycles. The molecule has 10 heteroatoms. The number of alkyl carbamates (subject to hydrolysis) is 1. The Morgan fingerprint density at radius 1 is 0.625 bits per heavy atom. The number of amides is 1. The van der Waals surface area contributed by atoms with Crippen molar-refractivity contribution < 1.29 is 38.1 Å². The zero-order chi connectivity index (χ0) is 24.6. The van der Waals surface area contributed by atoms with E-state index in [4.69, 9.17) is 18.9 Å². The molecular formula is C22H40N2O8. The summed E-state index contributed by atoms with van der Waals surface area (Å²) in [6, 6.07) is 0. The van der Waals surface area contributed by atoms with Crippen molar-refractivity contribution in [1.29, 1.82) is 0 Å². The number of unbranched alkanes of at least 4 members (excludes halogenated alkanes) is 2. The molecule has 0 saturated heterocycles. The second-order valence-corrected chi connectivity index (χ2v) is 9.39. The van der Waals surface area contributed by atoms with Crippen molar-refractivity contribution in [1.82, 2.24) is 10.6 Å². The van der Waals surface area contributed by atoms with Crippen LogP contribution in [-0.4, -0.2) is 57.2 Å². The van der Waals surface area contributed by atoms with E-state index in [2.05, 4.69) is 10.6 Å². The number of ether oxygens (including phenoxy) is 4. The van der Waals surface area contributed by atoms with Gasteiger partial charge in [0.25, 0.3) is 0 Å². The summed E-state index contributed by atoms with van der Waals surface area (Å²) in [5.74, 6) is -1.25. The van der Waals surface area contributed by atoms with Gasteiger partial charge in [0.15, 0.2) is 0 Å². The third kappa shape index (κ3) is 16.3. The molecule has 0 bridgehead atoms. The van der Waals surface area contributed by atoms with Crippen LogP contribution in [0.2, 0.25) is 0 Å². The van der Waals surface area contributed by atoms with Crippen LogP contribution in [0.5, 0.6) is 0 Å². The molecule has 0 aliphatic heterocycles. The molecule has 0 rings (SSSR count). The molecule has 0 aliphatic carbocycles. The summed E-state index contributed by atoms with van der Waals surface area (Å²) >= 11 is 0. The molecule has 1 amide bonds. The third-order valence-electron chi connectivity index (χ3n) is 4.05. The van der Waals surface area contributed by atoms with E-state index in [0.717, 1.165) is 25.8 Å². The zero-order valence-corrected chi connectivity index (χ0v) is 20.3. The molecule has 0 spiro atoms. The number of carbonyl (C=O) groups excluding carboxylic acids is 4. The highest BCUT2D eigenvalue weighted by Crippen LogP contribution is 2.15. The fourth-order valence-electron chi connectivity index (χ4n) is 2.07. The Hall–Kier alpha value is -2.36. The fourth-order valence-corrected chi connectivity index (χ4v) is 2.07.